The van der Waals surface area contributed by atoms with Gasteiger partial charge in [0, 0.05) is 17.7 Å². The van der Waals surface area contributed by atoms with Crippen molar-refractivity contribution in [2.24, 2.45) is 5.92 Å². The minimum atomic E-state index is -0.0771. The van der Waals surface area contributed by atoms with E-state index >= 15 is 0 Å². The van der Waals surface area contributed by atoms with Gasteiger partial charge in [-0.3, -0.25) is 4.79 Å². The number of rotatable bonds is 9. The number of hydrogen-bond donors (Lipinski definition) is 1. The normalized spacial score (nSPS) is 10.7. The van der Waals surface area contributed by atoms with Crippen molar-refractivity contribution in [3.8, 4) is 22.6 Å². The Bertz CT molecular complexity index is 950. The van der Waals surface area contributed by atoms with Gasteiger partial charge in [0.2, 0.25) is 0 Å². The second kappa shape index (κ2) is 10.5. The van der Waals surface area contributed by atoms with E-state index in [-0.39, 0.29) is 5.91 Å². The summed E-state index contributed by atoms with van der Waals surface area (Å²) in [6.45, 7) is 5.27. The average molecular weight is 404 g/mol. The maximum atomic E-state index is 12.4. The quantitative estimate of drug-likeness (QED) is 0.497. The van der Waals surface area contributed by atoms with E-state index in [1.807, 2.05) is 54.6 Å². The van der Waals surface area contributed by atoms with E-state index in [1.165, 1.54) is 5.56 Å². The molecule has 1 amide bonds. The van der Waals surface area contributed by atoms with Crippen molar-refractivity contribution in [1.29, 1.82) is 0 Å². The smallest absolute Gasteiger partial charge is 0.251 e. The molecule has 3 aromatic carbocycles. The van der Waals surface area contributed by atoms with Crippen molar-refractivity contribution in [1.82, 2.24) is 5.32 Å². The Kier molecular flexibility index (Phi) is 7.50. The molecule has 0 aliphatic rings. The van der Waals surface area contributed by atoms with Crippen LogP contribution < -0.4 is 14.8 Å². The molecule has 156 valence electrons. The molecule has 3 rings (SSSR count). The van der Waals surface area contributed by atoms with E-state index in [9.17, 15) is 4.79 Å². The molecule has 4 nitrogen and oxygen atoms in total. The maximum Gasteiger partial charge on any atom is 0.251 e. The van der Waals surface area contributed by atoms with Crippen LogP contribution in [0.1, 0.15) is 36.2 Å². The van der Waals surface area contributed by atoms with Crippen LogP contribution in [-0.2, 0) is 6.61 Å². The summed E-state index contributed by atoms with van der Waals surface area (Å²) in [6, 6.07) is 23.6. The van der Waals surface area contributed by atoms with E-state index in [0.717, 1.165) is 23.3 Å². The van der Waals surface area contributed by atoms with Crippen LogP contribution in [0.3, 0.4) is 0 Å². The van der Waals surface area contributed by atoms with Crippen molar-refractivity contribution in [2.45, 2.75) is 26.9 Å². The highest BCUT2D eigenvalue weighted by Gasteiger charge is 2.11. The van der Waals surface area contributed by atoms with Gasteiger partial charge in [0.05, 0.1) is 7.11 Å². The first-order valence-corrected chi connectivity index (χ1v) is 10.3. The van der Waals surface area contributed by atoms with Crippen LogP contribution >= 0.6 is 0 Å². The summed E-state index contributed by atoms with van der Waals surface area (Å²) < 4.78 is 11.4. The zero-order chi connectivity index (χ0) is 21.3. The van der Waals surface area contributed by atoms with Gasteiger partial charge in [-0.25, -0.2) is 0 Å². The predicted molar refractivity (Wildman–Crippen MR) is 121 cm³/mol. The first kappa shape index (κ1) is 21.4. The molecule has 0 fully saturated rings. The summed E-state index contributed by atoms with van der Waals surface area (Å²) in [6.07, 6.45) is 0.955. The highest BCUT2D eigenvalue weighted by Crippen LogP contribution is 2.25. The molecule has 0 aliphatic carbocycles. The highest BCUT2D eigenvalue weighted by molar-refractivity contribution is 5.94. The minimum Gasteiger partial charge on any atom is -0.496 e. The lowest BCUT2D eigenvalue weighted by atomic mass is 10.1. The van der Waals surface area contributed by atoms with E-state index in [0.29, 0.717) is 30.4 Å². The van der Waals surface area contributed by atoms with Gasteiger partial charge in [0.25, 0.3) is 5.91 Å². The van der Waals surface area contributed by atoms with Crippen LogP contribution in [-0.4, -0.2) is 19.6 Å². The topological polar surface area (TPSA) is 47.6 Å². The highest BCUT2D eigenvalue weighted by atomic mass is 16.5. The molecule has 0 aromatic heterocycles. The van der Waals surface area contributed by atoms with Gasteiger partial charge in [-0.15, -0.1) is 0 Å². The number of nitrogens with one attached hydrogen (secondary N) is 1. The maximum absolute atomic E-state index is 12.4. The van der Waals surface area contributed by atoms with Crippen molar-refractivity contribution in [3.63, 3.8) is 0 Å². The SMILES string of the molecule is COc1ccc(C(=O)NCCC(C)C)cc1COc1ccc(-c2ccccc2)cc1. The third-order valence-electron chi connectivity index (χ3n) is 4.91. The van der Waals surface area contributed by atoms with Gasteiger partial charge >= 0.3 is 0 Å². The van der Waals surface area contributed by atoms with Crippen molar-refractivity contribution >= 4 is 5.91 Å². The molecule has 0 saturated heterocycles. The molecule has 30 heavy (non-hydrogen) atoms. The zero-order valence-corrected chi connectivity index (χ0v) is 17.9. The Morgan fingerprint density at radius 3 is 2.30 bits per heavy atom. The molecule has 3 aromatic rings. The number of carbonyl (C=O) groups is 1. The Hall–Kier alpha value is -3.27. The lowest BCUT2D eigenvalue weighted by molar-refractivity contribution is 0.0952. The Labute approximate surface area is 178 Å². The summed E-state index contributed by atoms with van der Waals surface area (Å²) >= 11 is 0. The van der Waals surface area contributed by atoms with Crippen molar-refractivity contribution in [3.05, 3.63) is 83.9 Å². The van der Waals surface area contributed by atoms with E-state index < -0.39 is 0 Å². The third kappa shape index (κ3) is 5.86. The Balaban J connectivity index is 1.66. The third-order valence-corrected chi connectivity index (χ3v) is 4.91. The molecule has 0 radical (unpaired) electrons. The van der Waals surface area contributed by atoms with Crippen LogP contribution in [0.25, 0.3) is 11.1 Å². The molecule has 1 N–H and O–H groups in total. The number of amides is 1. The molecule has 0 aliphatic heterocycles. The summed E-state index contributed by atoms with van der Waals surface area (Å²) in [5.41, 5.74) is 3.75. The van der Waals surface area contributed by atoms with E-state index in [1.54, 1.807) is 13.2 Å². The lowest BCUT2D eigenvalue weighted by Gasteiger charge is -2.13. The van der Waals surface area contributed by atoms with Gasteiger partial charge in [-0.1, -0.05) is 56.3 Å². The fourth-order valence-electron chi connectivity index (χ4n) is 3.14. The standard InChI is InChI=1S/C26H29NO3/c1-19(2)15-16-27-26(28)22-11-14-25(29-3)23(17-22)18-30-24-12-9-21(10-13-24)20-7-5-4-6-8-20/h4-14,17,19H,15-16,18H2,1-3H3,(H,27,28). The molecule has 0 bridgehead atoms. The van der Waals surface area contributed by atoms with E-state index in [4.69, 9.17) is 9.47 Å². The lowest BCUT2D eigenvalue weighted by Crippen LogP contribution is -2.25. The van der Waals surface area contributed by atoms with Gasteiger partial charge < -0.3 is 14.8 Å². The minimum absolute atomic E-state index is 0.0771. The first-order chi connectivity index (χ1) is 14.6. The molecular formula is C26H29NO3. The van der Waals surface area contributed by atoms with Crippen molar-refractivity contribution < 1.29 is 14.3 Å². The summed E-state index contributed by atoms with van der Waals surface area (Å²) in [4.78, 5) is 12.4. The molecule has 0 saturated carbocycles. The first-order valence-electron chi connectivity index (χ1n) is 10.3. The zero-order valence-electron chi connectivity index (χ0n) is 17.9. The van der Waals surface area contributed by atoms with Crippen LogP contribution in [0.15, 0.2) is 72.8 Å². The number of hydrogen-bond acceptors (Lipinski definition) is 3. The molecule has 0 unspecified atom stereocenters. The molecule has 0 atom stereocenters. The van der Waals surface area contributed by atoms with Gasteiger partial charge in [-0.05, 0) is 53.8 Å². The van der Waals surface area contributed by atoms with Crippen LogP contribution in [0, 0.1) is 5.92 Å². The molecule has 0 heterocycles. The number of methoxy groups -OCH3 is 1. The molecule has 0 spiro atoms. The van der Waals surface area contributed by atoms with Crippen LogP contribution in [0.4, 0.5) is 0 Å². The van der Waals surface area contributed by atoms with Gasteiger partial charge in [0.15, 0.2) is 0 Å². The van der Waals surface area contributed by atoms with Crippen molar-refractivity contribution in [2.75, 3.05) is 13.7 Å². The van der Waals surface area contributed by atoms with Gasteiger partial charge in [-0.2, -0.15) is 0 Å². The molecule has 4 heteroatoms. The van der Waals surface area contributed by atoms with Gasteiger partial charge in [0.1, 0.15) is 18.1 Å². The summed E-state index contributed by atoms with van der Waals surface area (Å²) in [5.74, 6) is 1.95. The average Bonchev–Trinajstić information content (AvgIpc) is 2.78. The number of ether oxygens (including phenoxy) is 2. The van der Waals surface area contributed by atoms with Crippen LogP contribution in [0.5, 0.6) is 11.5 Å². The number of carbonyl (C=O) groups excluding carboxylic acids is 1. The van der Waals surface area contributed by atoms with E-state index in [2.05, 4.69) is 31.3 Å². The number of benzene rings is 3. The Morgan fingerprint density at radius 1 is 0.933 bits per heavy atom. The second-order valence-corrected chi connectivity index (χ2v) is 7.64. The van der Waals surface area contributed by atoms with Crippen LogP contribution in [0.2, 0.25) is 0 Å². The fourth-order valence-corrected chi connectivity index (χ4v) is 3.14. The Morgan fingerprint density at radius 2 is 1.63 bits per heavy atom. The summed E-state index contributed by atoms with van der Waals surface area (Å²) in [7, 11) is 1.62. The fraction of sp³-hybridized carbons (Fsp3) is 0.269. The largest absolute Gasteiger partial charge is 0.496 e. The monoisotopic (exact) mass is 403 g/mol. The second-order valence-electron chi connectivity index (χ2n) is 7.64. The summed E-state index contributed by atoms with van der Waals surface area (Å²) in [5, 5.41) is 2.97. The molecular weight excluding hydrogens is 374 g/mol. The predicted octanol–water partition coefficient (Wildman–Crippen LogP) is 5.72.